The zero-order chi connectivity index (χ0) is 22.1. The second-order valence-corrected chi connectivity index (χ2v) is 8.28. The molecule has 2 rings (SSSR count). The first-order valence-corrected chi connectivity index (χ1v) is 9.53. The third-order valence-electron chi connectivity index (χ3n) is 4.11. The molecule has 0 aliphatic carbocycles. The molecule has 4 nitrogen and oxygen atoms in total. The van der Waals surface area contributed by atoms with Crippen LogP contribution in [0.25, 0.3) is 0 Å². The van der Waals surface area contributed by atoms with Gasteiger partial charge in [0.2, 0.25) is 0 Å². The Morgan fingerprint density at radius 1 is 1.24 bits per heavy atom. The Labute approximate surface area is 168 Å². The number of benzene rings is 1. The Kier molecular flexibility index (Phi) is 6.56. The first kappa shape index (κ1) is 23.1. The lowest BCUT2D eigenvalue weighted by Crippen LogP contribution is -2.18. The van der Waals surface area contributed by atoms with E-state index >= 15 is 0 Å². The van der Waals surface area contributed by atoms with Gasteiger partial charge in [0.15, 0.2) is 4.80 Å². The Bertz CT molecular complexity index is 968. The van der Waals surface area contributed by atoms with Crippen molar-refractivity contribution in [2.24, 2.45) is 4.99 Å². The Balaban J connectivity index is 2.65. The van der Waals surface area contributed by atoms with Gasteiger partial charge in [0.1, 0.15) is 5.75 Å². The van der Waals surface area contributed by atoms with Crippen LogP contribution in [0.2, 0.25) is 0 Å². The van der Waals surface area contributed by atoms with Crippen molar-refractivity contribution in [3.63, 3.8) is 0 Å². The molecule has 160 valence electrons. The van der Waals surface area contributed by atoms with E-state index in [4.69, 9.17) is 0 Å². The zero-order valence-corrected chi connectivity index (χ0v) is 17.3. The molecule has 0 aliphatic rings. The van der Waals surface area contributed by atoms with Gasteiger partial charge in [-0.15, -0.1) is 11.3 Å². The lowest BCUT2D eigenvalue weighted by molar-refractivity contribution is -0.137. The number of halogens is 5. The summed E-state index contributed by atoms with van der Waals surface area (Å²) in [5, 5.41) is 0. The maximum Gasteiger partial charge on any atom is 0.416 e. The summed E-state index contributed by atoms with van der Waals surface area (Å²) in [5.41, 5.74) is -1.18. The van der Waals surface area contributed by atoms with Crippen molar-refractivity contribution >= 4 is 17.2 Å². The van der Waals surface area contributed by atoms with Crippen LogP contribution in [0, 0.1) is 6.92 Å². The highest BCUT2D eigenvalue weighted by atomic mass is 32.1. The number of hydrogen-bond acceptors (Lipinski definition) is 3. The smallest absolute Gasteiger partial charge is 0.416 e. The van der Waals surface area contributed by atoms with Crippen molar-refractivity contribution in [3.8, 4) is 5.75 Å². The van der Waals surface area contributed by atoms with E-state index in [1.807, 2.05) is 34.6 Å². The molecular formula is C19H21F5N2O2S. The van der Waals surface area contributed by atoms with Crippen LogP contribution in [0.1, 0.15) is 54.2 Å². The number of carbonyl (C=O) groups is 1. The maximum absolute atomic E-state index is 13.0. The topological polar surface area (TPSA) is 43.6 Å². The Hall–Kier alpha value is -2.23. The zero-order valence-electron chi connectivity index (χ0n) is 16.5. The van der Waals surface area contributed by atoms with Crippen molar-refractivity contribution in [2.45, 2.75) is 59.4 Å². The number of thiazole rings is 1. The molecular weight excluding hydrogens is 415 g/mol. The molecule has 0 bridgehead atoms. The molecule has 0 aliphatic heterocycles. The molecule has 0 saturated carbocycles. The first-order valence-electron chi connectivity index (χ1n) is 8.71. The molecule has 1 amide bonds. The van der Waals surface area contributed by atoms with Crippen molar-refractivity contribution in [1.82, 2.24) is 4.57 Å². The fraction of sp³-hybridized carbons (Fsp3) is 0.474. The molecule has 10 heteroatoms. The molecule has 0 spiro atoms. The molecule has 1 aromatic heterocycles. The minimum Gasteiger partial charge on any atom is -0.434 e. The number of aromatic nitrogens is 1. The number of hydrogen-bond donors (Lipinski definition) is 0. The predicted molar refractivity (Wildman–Crippen MR) is 99.4 cm³/mol. The van der Waals surface area contributed by atoms with Crippen molar-refractivity contribution in [3.05, 3.63) is 44.7 Å². The van der Waals surface area contributed by atoms with Crippen LogP contribution in [0.15, 0.2) is 23.2 Å². The average Bonchev–Trinajstić information content (AvgIpc) is 2.89. The second kappa shape index (κ2) is 8.25. The summed E-state index contributed by atoms with van der Waals surface area (Å²) < 4.78 is 70.3. The minimum atomic E-state index is -4.75. The number of nitrogens with zero attached hydrogens (tertiary/aromatic N) is 2. The van der Waals surface area contributed by atoms with Gasteiger partial charge in [-0.2, -0.15) is 26.9 Å². The Morgan fingerprint density at radius 2 is 1.86 bits per heavy atom. The van der Waals surface area contributed by atoms with Gasteiger partial charge in [-0.3, -0.25) is 4.79 Å². The molecule has 0 unspecified atom stereocenters. The average molecular weight is 436 g/mol. The van der Waals surface area contributed by atoms with Crippen molar-refractivity contribution < 1.29 is 31.5 Å². The van der Waals surface area contributed by atoms with Crippen LogP contribution in [-0.4, -0.2) is 17.1 Å². The highest BCUT2D eigenvalue weighted by molar-refractivity contribution is 7.09. The van der Waals surface area contributed by atoms with Gasteiger partial charge in [0, 0.05) is 17.1 Å². The van der Waals surface area contributed by atoms with Gasteiger partial charge < -0.3 is 9.30 Å². The summed E-state index contributed by atoms with van der Waals surface area (Å²) in [6.45, 7) is 6.84. The van der Waals surface area contributed by atoms with Gasteiger partial charge in [-0.05, 0) is 37.5 Å². The van der Waals surface area contributed by atoms with E-state index in [1.54, 1.807) is 4.57 Å². The van der Waals surface area contributed by atoms with Crippen LogP contribution in [-0.2, 0) is 18.1 Å². The number of amides is 1. The molecule has 29 heavy (non-hydrogen) atoms. The van der Waals surface area contributed by atoms with E-state index in [0.29, 0.717) is 24.7 Å². The molecule has 0 atom stereocenters. The molecule has 0 radical (unpaired) electrons. The highest BCUT2D eigenvalue weighted by Gasteiger charge is 2.32. The SMILES string of the molecule is CCn1c(C)c(C(C)(C)C)sc1=NC(=O)c1cc(C(F)(F)F)ccc1OC(F)F. The van der Waals surface area contributed by atoms with Crippen LogP contribution in [0.4, 0.5) is 22.0 Å². The molecule has 1 aromatic carbocycles. The van der Waals surface area contributed by atoms with Crippen LogP contribution >= 0.6 is 11.3 Å². The second-order valence-electron chi connectivity index (χ2n) is 7.30. The number of carbonyl (C=O) groups excluding carboxylic acids is 1. The quantitative estimate of drug-likeness (QED) is 0.591. The fourth-order valence-corrected chi connectivity index (χ4v) is 4.11. The lowest BCUT2D eigenvalue weighted by Gasteiger charge is -2.17. The van der Waals surface area contributed by atoms with E-state index in [-0.39, 0.29) is 10.2 Å². The van der Waals surface area contributed by atoms with Gasteiger partial charge in [-0.1, -0.05) is 20.8 Å². The summed E-state index contributed by atoms with van der Waals surface area (Å²) in [7, 11) is 0. The Morgan fingerprint density at radius 3 is 2.34 bits per heavy atom. The van der Waals surface area contributed by atoms with Crippen molar-refractivity contribution in [2.75, 3.05) is 0 Å². The van der Waals surface area contributed by atoms with Gasteiger partial charge >= 0.3 is 12.8 Å². The van der Waals surface area contributed by atoms with Gasteiger partial charge in [0.25, 0.3) is 5.91 Å². The monoisotopic (exact) mass is 436 g/mol. The number of rotatable bonds is 4. The van der Waals surface area contributed by atoms with Crippen LogP contribution in [0.3, 0.4) is 0 Å². The lowest BCUT2D eigenvalue weighted by atomic mass is 9.93. The summed E-state index contributed by atoms with van der Waals surface area (Å²) in [5.74, 6) is -1.75. The fourth-order valence-electron chi connectivity index (χ4n) is 2.86. The van der Waals surface area contributed by atoms with E-state index in [9.17, 15) is 26.7 Å². The van der Waals surface area contributed by atoms with Crippen molar-refractivity contribution in [1.29, 1.82) is 0 Å². The van der Waals surface area contributed by atoms with E-state index in [1.165, 1.54) is 11.3 Å². The summed E-state index contributed by atoms with van der Waals surface area (Å²) >= 11 is 1.23. The van der Waals surface area contributed by atoms with Crippen LogP contribution < -0.4 is 9.54 Å². The minimum absolute atomic E-state index is 0.233. The predicted octanol–water partition coefficient (Wildman–Crippen LogP) is 5.54. The number of alkyl halides is 5. The van der Waals surface area contributed by atoms with Gasteiger partial charge in [0.05, 0.1) is 11.1 Å². The summed E-state index contributed by atoms with van der Waals surface area (Å²) in [4.78, 5) is 17.8. The number of ether oxygens (including phenoxy) is 1. The standard InChI is InChI=1S/C19H21F5N2O2S/c1-6-26-10(2)14(18(3,4)5)29-17(26)25-15(27)12-9-11(19(22,23)24)7-8-13(12)28-16(20)21/h7-9,16H,6H2,1-5H3. The maximum atomic E-state index is 13.0. The van der Waals surface area contributed by atoms with Crippen LogP contribution in [0.5, 0.6) is 5.75 Å². The molecule has 0 saturated heterocycles. The third-order valence-corrected chi connectivity index (χ3v) is 5.71. The van der Waals surface area contributed by atoms with E-state index in [0.717, 1.165) is 10.6 Å². The molecule has 1 heterocycles. The molecule has 2 aromatic rings. The molecule has 0 N–H and O–H groups in total. The van der Waals surface area contributed by atoms with E-state index < -0.39 is 35.6 Å². The molecule has 0 fully saturated rings. The summed E-state index contributed by atoms with van der Waals surface area (Å²) in [6.07, 6.45) is -4.75. The van der Waals surface area contributed by atoms with E-state index in [2.05, 4.69) is 9.73 Å². The third kappa shape index (κ3) is 5.23. The normalized spacial score (nSPS) is 13.3. The van der Waals surface area contributed by atoms with Gasteiger partial charge in [-0.25, -0.2) is 0 Å². The summed E-state index contributed by atoms with van der Waals surface area (Å²) in [6, 6.07) is 1.75. The largest absolute Gasteiger partial charge is 0.434 e. The highest BCUT2D eigenvalue weighted by Crippen LogP contribution is 2.33. The first-order chi connectivity index (χ1) is 13.3.